The highest BCUT2D eigenvalue weighted by molar-refractivity contribution is 5.65. The van der Waals surface area contributed by atoms with Crippen LogP contribution in [0.3, 0.4) is 0 Å². The van der Waals surface area contributed by atoms with Crippen LogP contribution in [0.2, 0.25) is 0 Å². The van der Waals surface area contributed by atoms with Crippen molar-refractivity contribution in [1.29, 1.82) is 0 Å². The summed E-state index contributed by atoms with van der Waals surface area (Å²) in [6.07, 6.45) is 14.0. The Morgan fingerprint density at radius 3 is 2.31 bits per heavy atom. The molecule has 0 unspecified atom stereocenters. The zero-order valence-electron chi connectivity index (χ0n) is 22.5. The van der Waals surface area contributed by atoms with E-state index in [1.165, 1.54) is 70.0 Å². The summed E-state index contributed by atoms with van der Waals surface area (Å²) in [5, 5.41) is 3.43. The molecule has 1 aromatic carbocycles. The number of piperazine rings is 1. The number of carbonyl (C=O) groups excluding carboxylic acids is 1. The Kier molecular flexibility index (Phi) is 12.2. The Balaban J connectivity index is 0.000000289. The minimum atomic E-state index is 0.349. The summed E-state index contributed by atoms with van der Waals surface area (Å²) in [6.45, 7) is 10.1. The van der Waals surface area contributed by atoms with Crippen molar-refractivity contribution in [3.05, 3.63) is 18.2 Å². The highest BCUT2D eigenvalue weighted by Crippen LogP contribution is 2.41. The van der Waals surface area contributed by atoms with Gasteiger partial charge in [0.25, 0.3) is 0 Å². The Bertz CT molecular complexity index is 722. The second-order valence-corrected chi connectivity index (χ2v) is 10.2. The zero-order chi connectivity index (χ0) is 24.9. The summed E-state index contributed by atoms with van der Waals surface area (Å²) < 4.78 is 11.2. The number of aldehydes is 1. The maximum Gasteiger partial charge on any atom is 0.231 e. The Labute approximate surface area is 213 Å². The Hall–Kier alpha value is -1.79. The number of hydrogen-bond donors (Lipinski definition) is 1. The number of nitrogens with one attached hydrogen (secondary N) is 1. The second kappa shape index (κ2) is 15.4. The molecule has 0 amide bonds. The zero-order valence-corrected chi connectivity index (χ0v) is 22.5. The molecule has 5 rings (SSSR count). The summed E-state index contributed by atoms with van der Waals surface area (Å²) in [5.41, 5.74) is 1.19. The average Bonchev–Trinajstić information content (AvgIpc) is 3.62. The molecule has 0 radical (unpaired) electrons. The standard InChI is InChI=1S/C20H31N3O2.C7H12O.C2H6/c1-21-17-7-5-16(6-8-17)9-10-22-11-13-23(14-12-22)18-3-2-4-19-20(18)25-15-24-19;8-6-5-7-3-1-2-4-7;1-2/h2-4,16-17,21H,5-15H2,1H3;6-7H,1-5H2;1-2H3. The van der Waals surface area contributed by atoms with E-state index in [1.54, 1.807) is 0 Å². The molecule has 0 spiro atoms. The Morgan fingerprint density at radius 2 is 1.66 bits per heavy atom. The largest absolute Gasteiger partial charge is 0.454 e. The van der Waals surface area contributed by atoms with E-state index >= 15 is 0 Å². The molecule has 1 aromatic rings. The molecule has 6 heteroatoms. The molecule has 6 nitrogen and oxygen atoms in total. The quantitative estimate of drug-likeness (QED) is 0.513. The van der Waals surface area contributed by atoms with Crippen LogP contribution < -0.4 is 19.7 Å². The molecule has 0 atom stereocenters. The predicted molar refractivity (Wildman–Crippen MR) is 145 cm³/mol. The molecule has 1 saturated heterocycles. The van der Waals surface area contributed by atoms with E-state index in [0.29, 0.717) is 6.79 Å². The normalized spacial score (nSPS) is 24.3. The highest BCUT2D eigenvalue weighted by atomic mass is 16.7. The number of rotatable bonds is 7. The second-order valence-electron chi connectivity index (χ2n) is 10.2. The van der Waals surface area contributed by atoms with Crippen molar-refractivity contribution in [2.45, 2.75) is 84.1 Å². The number of hydrogen-bond acceptors (Lipinski definition) is 6. The molecule has 2 saturated carbocycles. The van der Waals surface area contributed by atoms with Gasteiger partial charge in [-0.05, 0) is 69.7 Å². The van der Waals surface area contributed by atoms with E-state index in [0.717, 1.165) is 68.3 Å². The van der Waals surface area contributed by atoms with Crippen molar-refractivity contribution < 1.29 is 14.3 Å². The molecular formula is C29H49N3O3. The smallest absolute Gasteiger partial charge is 0.231 e. The summed E-state index contributed by atoms with van der Waals surface area (Å²) in [6, 6.07) is 6.98. The number of para-hydroxylation sites is 1. The number of fused-ring (bicyclic) bond motifs is 1. The third-order valence-electron chi connectivity index (χ3n) is 8.10. The van der Waals surface area contributed by atoms with E-state index in [4.69, 9.17) is 9.47 Å². The number of carbonyl (C=O) groups is 1. The predicted octanol–water partition coefficient (Wildman–Crippen LogP) is 5.50. The van der Waals surface area contributed by atoms with Gasteiger partial charge < -0.3 is 24.5 Å². The van der Waals surface area contributed by atoms with Gasteiger partial charge in [-0.2, -0.15) is 0 Å². The van der Waals surface area contributed by atoms with E-state index in [1.807, 2.05) is 19.9 Å². The van der Waals surface area contributed by atoms with Gasteiger partial charge in [-0.1, -0.05) is 45.6 Å². The van der Waals surface area contributed by atoms with Gasteiger partial charge in [0.05, 0.1) is 5.69 Å². The van der Waals surface area contributed by atoms with Crippen LogP contribution in [-0.2, 0) is 4.79 Å². The summed E-state index contributed by atoms with van der Waals surface area (Å²) in [7, 11) is 2.10. The fourth-order valence-corrected chi connectivity index (χ4v) is 5.86. The highest BCUT2D eigenvalue weighted by Gasteiger charge is 2.25. The van der Waals surface area contributed by atoms with Crippen LogP contribution in [0.5, 0.6) is 11.5 Å². The SMILES string of the molecule is CC.CNC1CCC(CCN2CCN(c3cccc4c3OCO4)CC2)CC1.O=CCC1CCCC1. The minimum Gasteiger partial charge on any atom is -0.454 e. The van der Waals surface area contributed by atoms with Crippen molar-refractivity contribution in [1.82, 2.24) is 10.2 Å². The summed E-state index contributed by atoms with van der Waals surface area (Å²) in [4.78, 5) is 15.0. The number of anilines is 1. The molecule has 0 aromatic heterocycles. The maximum atomic E-state index is 9.96. The first-order valence-electron chi connectivity index (χ1n) is 14.2. The molecule has 3 fully saturated rings. The van der Waals surface area contributed by atoms with E-state index in [9.17, 15) is 4.79 Å². The molecular weight excluding hydrogens is 438 g/mol. The van der Waals surface area contributed by atoms with Gasteiger partial charge in [-0.25, -0.2) is 0 Å². The first-order chi connectivity index (χ1) is 17.3. The van der Waals surface area contributed by atoms with Gasteiger partial charge in [0, 0.05) is 38.6 Å². The Morgan fingerprint density at radius 1 is 0.943 bits per heavy atom. The van der Waals surface area contributed by atoms with Gasteiger partial charge in [-0.3, -0.25) is 4.90 Å². The average molecular weight is 488 g/mol. The monoisotopic (exact) mass is 487 g/mol. The van der Waals surface area contributed by atoms with Crippen molar-refractivity contribution in [3.63, 3.8) is 0 Å². The topological polar surface area (TPSA) is 54.0 Å². The summed E-state index contributed by atoms with van der Waals surface area (Å²) in [5.74, 6) is 3.49. The van der Waals surface area contributed by atoms with Gasteiger partial charge in [-0.15, -0.1) is 0 Å². The molecule has 0 bridgehead atoms. The summed E-state index contributed by atoms with van der Waals surface area (Å²) >= 11 is 0. The maximum absolute atomic E-state index is 9.96. The number of nitrogens with zero attached hydrogens (tertiary/aromatic N) is 2. The van der Waals surface area contributed by atoms with Crippen LogP contribution in [0.1, 0.15) is 78.1 Å². The lowest BCUT2D eigenvalue weighted by atomic mass is 9.84. The van der Waals surface area contributed by atoms with Crippen LogP contribution in [0.15, 0.2) is 18.2 Å². The molecule has 198 valence electrons. The minimum absolute atomic E-state index is 0.349. The van der Waals surface area contributed by atoms with Crippen LogP contribution in [0.4, 0.5) is 5.69 Å². The first-order valence-corrected chi connectivity index (χ1v) is 14.2. The van der Waals surface area contributed by atoms with E-state index < -0.39 is 0 Å². The third-order valence-corrected chi connectivity index (χ3v) is 8.10. The van der Waals surface area contributed by atoms with E-state index in [2.05, 4.69) is 34.3 Å². The first kappa shape index (κ1) is 27.8. The molecule has 2 heterocycles. The van der Waals surface area contributed by atoms with Gasteiger partial charge in [0.2, 0.25) is 6.79 Å². The van der Waals surface area contributed by atoms with Crippen molar-refractivity contribution in [2.75, 3.05) is 51.5 Å². The molecule has 1 N–H and O–H groups in total. The fraction of sp³-hybridized carbons (Fsp3) is 0.759. The molecule has 2 aliphatic heterocycles. The van der Waals surface area contributed by atoms with E-state index in [-0.39, 0.29) is 0 Å². The van der Waals surface area contributed by atoms with Gasteiger partial charge in [0.1, 0.15) is 6.29 Å². The van der Waals surface area contributed by atoms with Crippen LogP contribution in [0.25, 0.3) is 0 Å². The van der Waals surface area contributed by atoms with Crippen LogP contribution >= 0.6 is 0 Å². The lowest BCUT2D eigenvalue weighted by Gasteiger charge is -2.37. The van der Waals surface area contributed by atoms with Crippen molar-refractivity contribution in [2.24, 2.45) is 11.8 Å². The third kappa shape index (κ3) is 8.38. The lowest BCUT2D eigenvalue weighted by molar-refractivity contribution is -0.108. The van der Waals surface area contributed by atoms with Crippen molar-refractivity contribution >= 4 is 12.0 Å². The number of benzene rings is 1. The molecule has 4 aliphatic rings. The molecule has 35 heavy (non-hydrogen) atoms. The van der Waals surface area contributed by atoms with Crippen LogP contribution in [-0.4, -0.2) is 63.8 Å². The number of ether oxygens (including phenoxy) is 2. The van der Waals surface area contributed by atoms with Gasteiger partial charge in [0.15, 0.2) is 11.5 Å². The molecule has 2 aliphatic carbocycles. The fourth-order valence-electron chi connectivity index (χ4n) is 5.86. The lowest BCUT2D eigenvalue weighted by Crippen LogP contribution is -2.47. The van der Waals surface area contributed by atoms with Crippen LogP contribution in [0, 0.1) is 11.8 Å². The van der Waals surface area contributed by atoms with Gasteiger partial charge >= 0.3 is 0 Å². The van der Waals surface area contributed by atoms with Crippen molar-refractivity contribution in [3.8, 4) is 11.5 Å².